The Morgan fingerprint density at radius 1 is 0.948 bits per heavy atom. The summed E-state index contributed by atoms with van der Waals surface area (Å²) in [4.78, 5) is 46.7. The van der Waals surface area contributed by atoms with Gasteiger partial charge in [-0.2, -0.15) is 0 Å². The van der Waals surface area contributed by atoms with Gasteiger partial charge < -0.3 is 24.0 Å². The summed E-state index contributed by atoms with van der Waals surface area (Å²) in [6.45, 7) is 25.1. The summed E-state index contributed by atoms with van der Waals surface area (Å²) < 4.78 is 17.9. The van der Waals surface area contributed by atoms with Crippen molar-refractivity contribution in [1.82, 2.24) is 24.6 Å². The van der Waals surface area contributed by atoms with Crippen LogP contribution in [0.25, 0.3) is 0 Å². The van der Waals surface area contributed by atoms with Crippen LogP contribution in [0.4, 0.5) is 4.79 Å². The first-order chi connectivity index (χ1) is 27.4. The maximum absolute atomic E-state index is 15.1. The molecule has 2 aliphatic rings. The number of benzene rings is 1. The lowest BCUT2D eigenvalue weighted by Crippen LogP contribution is -2.55. The van der Waals surface area contributed by atoms with Gasteiger partial charge in [0.05, 0.1) is 56.2 Å². The van der Waals surface area contributed by atoms with Gasteiger partial charge in [0, 0.05) is 78.6 Å². The summed E-state index contributed by atoms with van der Waals surface area (Å²) >= 11 is 12.7. The van der Waals surface area contributed by atoms with Gasteiger partial charge in [0.2, 0.25) is 5.91 Å². The molecule has 320 valence electrons. The SMILES string of the molecule is CCOc1cc(C(C)(C)C)ncc1/C(=N/C(C)(C)C1C=CC(Cl)=CC1)N(Cc1ccc(Cl)cc1)C(=O)N1CCN(CC(=O)N(CCOC(C)C)CCOC(C)C)CC1. The van der Waals surface area contributed by atoms with Crippen molar-refractivity contribution in [3.8, 4) is 5.75 Å². The zero-order valence-corrected chi connectivity index (χ0v) is 37.9. The van der Waals surface area contributed by atoms with Crippen molar-refractivity contribution in [2.45, 2.75) is 105 Å². The third kappa shape index (κ3) is 14.1. The quantitative estimate of drug-likeness (QED) is 0.116. The molecular formula is C45H66Cl2N6O5. The third-order valence-corrected chi connectivity index (χ3v) is 10.8. The molecule has 1 atom stereocenters. The molecule has 0 N–H and O–H groups in total. The first-order valence-corrected chi connectivity index (χ1v) is 21.4. The summed E-state index contributed by atoms with van der Waals surface area (Å²) in [5.41, 5.74) is 1.49. The molecule has 13 heteroatoms. The lowest BCUT2D eigenvalue weighted by atomic mass is 9.83. The van der Waals surface area contributed by atoms with E-state index in [9.17, 15) is 4.79 Å². The van der Waals surface area contributed by atoms with Crippen molar-refractivity contribution in [2.24, 2.45) is 10.9 Å². The predicted octanol–water partition coefficient (Wildman–Crippen LogP) is 8.57. The monoisotopic (exact) mass is 840 g/mol. The molecule has 3 amide bonds. The van der Waals surface area contributed by atoms with Crippen LogP contribution in [0, 0.1) is 5.92 Å². The number of carbonyl (C=O) groups excluding carboxylic acids is 2. The third-order valence-electron chi connectivity index (χ3n) is 10.3. The Morgan fingerprint density at radius 2 is 1.57 bits per heavy atom. The maximum atomic E-state index is 15.1. The number of halogens is 2. The summed E-state index contributed by atoms with van der Waals surface area (Å²) in [6, 6.07) is 9.30. The normalized spacial score (nSPS) is 16.9. The van der Waals surface area contributed by atoms with E-state index >= 15 is 4.79 Å². The zero-order valence-electron chi connectivity index (χ0n) is 36.4. The molecule has 11 nitrogen and oxygen atoms in total. The minimum Gasteiger partial charge on any atom is -0.493 e. The van der Waals surface area contributed by atoms with E-state index in [1.807, 2.05) is 86.9 Å². The van der Waals surface area contributed by atoms with Crippen molar-refractivity contribution >= 4 is 41.0 Å². The van der Waals surface area contributed by atoms with Crippen LogP contribution in [0.3, 0.4) is 0 Å². The molecule has 1 fully saturated rings. The molecule has 1 aromatic carbocycles. The van der Waals surface area contributed by atoms with Crippen molar-refractivity contribution < 1.29 is 23.8 Å². The number of allylic oxidation sites excluding steroid dienone is 3. The van der Waals surface area contributed by atoms with Crippen LogP contribution in [0.5, 0.6) is 5.75 Å². The van der Waals surface area contributed by atoms with Gasteiger partial charge >= 0.3 is 6.03 Å². The average molecular weight is 842 g/mol. The Hall–Kier alpha value is -3.48. The summed E-state index contributed by atoms with van der Waals surface area (Å²) in [5, 5.41) is 1.31. The smallest absolute Gasteiger partial charge is 0.326 e. The van der Waals surface area contributed by atoms with Crippen LogP contribution in [0.1, 0.15) is 92.5 Å². The Labute approximate surface area is 357 Å². The van der Waals surface area contributed by atoms with Crippen molar-refractivity contribution in [1.29, 1.82) is 0 Å². The van der Waals surface area contributed by atoms with E-state index in [1.54, 1.807) is 11.1 Å². The number of aromatic nitrogens is 1. The van der Waals surface area contributed by atoms with Crippen LogP contribution in [0.2, 0.25) is 5.02 Å². The molecule has 1 unspecified atom stereocenters. The fourth-order valence-electron chi connectivity index (χ4n) is 6.75. The largest absolute Gasteiger partial charge is 0.493 e. The average Bonchev–Trinajstić information content (AvgIpc) is 3.16. The molecule has 0 spiro atoms. The number of rotatable bonds is 17. The standard InChI is InChI=1S/C45H66Cl2N6O5/c1-11-56-39-28-40(44(6,7)8)48-29-38(39)42(49-45(9,10)35-14-18-37(47)19-15-35)53(30-34-12-16-36(46)17-13-34)43(55)52-22-20-50(21-23-52)31-41(54)51(24-26-57-32(2)3)25-27-58-33(4)5/h12-14,16-19,28-29,32-33,35H,11,15,20-27,30-31H2,1-10H3/b49-42-. The van der Waals surface area contributed by atoms with Crippen molar-refractivity contribution in [3.05, 3.63) is 81.6 Å². The fourth-order valence-corrected chi connectivity index (χ4v) is 7.04. The molecule has 0 saturated carbocycles. The van der Waals surface area contributed by atoms with Crippen LogP contribution in [-0.2, 0) is 26.2 Å². The van der Waals surface area contributed by atoms with Gasteiger partial charge in [0.1, 0.15) is 11.6 Å². The predicted molar refractivity (Wildman–Crippen MR) is 235 cm³/mol. The number of amides is 3. The number of ether oxygens (including phenoxy) is 3. The number of hydrogen-bond acceptors (Lipinski definition) is 8. The highest BCUT2D eigenvalue weighted by atomic mass is 35.5. The topological polar surface area (TPSA) is 100 Å². The molecule has 1 saturated heterocycles. The maximum Gasteiger partial charge on any atom is 0.326 e. The molecule has 0 bridgehead atoms. The zero-order chi connectivity index (χ0) is 42.6. The van der Waals surface area contributed by atoms with Crippen LogP contribution in [0.15, 0.2) is 64.8 Å². The lowest BCUT2D eigenvalue weighted by Gasteiger charge is -2.39. The van der Waals surface area contributed by atoms with Crippen LogP contribution < -0.4 is 4.74 Å². The lowest BCUT2D eigenvalue weighted by molar-refractivity contribution is -0.134. The van der Waals surface area contributed by atoms with Crippen molar-refractivity contribution in [3.63, 3.8) is 0 Å². The number of hydrogen-bond donors (Lipinski definition) is 0. The summed E-state index contributed by atoms with van der Waals surface area (Å²) in [6.07, 6.45) is 8.67. The Bertz CT molecular complexity index is 1730. The minimum atomic E-state index is -0.657. The number of amidine groups is 1. The van der Waals surface area contributed by atoms with Crippen molar-refractivity contribution in [2.75, 3.05) is 65.6 Å². The fraction of sp³-hybridized carbons (Fsp3) is 0.600. The molecule has 1 aromatic heterocycles. The summed E-state index contributed by atoms with van der Waals surface area (Å²) in [7, 11) is 0. The first-order valence-electron chi connectivity index (χ1n) is 20.7. The van der Waals surface area contributed by atoms with Gasteiger partial charge in [-0.3, -0.25) is 24.6 Å². The molecule has 4 rings (SSSR count). The Kier molecular flexibility index (Phi) is 17.6. The van der Waals surface area contributed by atoms with E-state index in [2.05, 4.69) is 45.6 Å². The number of urea groups is 1. The van der Waals surface area contributed by atoms with E-state index in [0.29, 0.717) is 92.7 Å². The molecule has 2 heterocycles. The van der Waals surface area contributed by atoms with Gasteiger partial charge in [-0.05, 0) is 78.7 Å². The van der Waals surface area contributed by atoms with E-state index in [1.165, 1.54) is 0 Å². The number of aliphatic imine (C=N–C) groups is 1. The van der Waals surface area contributed by atoms with E-state index in [-0.39, 0.29) is 48.6 Å². The second-order valence-corrected chi connectivity index (χ2v) is 18.0. The molecule has 2 aromatic rings. The number of nitrogens with zero attached hydrogens (tertiary/aromatic N) is 6. The Morgan fingerprint density at radius 3 is 2.10 bits per heavy atom. The number of piperazine rings is 1. The highest BCUT2D eigenvalue weighted by Gasteiger charge is 2.36. The molecule has 58 heavy (non-hydrogen) atoms. The molecule has 1 aliphatic carbocycles. The van der Waals surface area contributed by atoms with Gasteiger partial charge in [0.15, 0.2) is 0 Å². The van der Waals surface area contributed by atoms with Gasteiger partial charge in [-0.25, -0.2) is 4.79 Å². The highest BCUT2D eigenvalue weighted by Crippen LogP contribution is 2.34. The second-order valence-electron chi connectivity index (χ2n) is 17.1. The molecule has 1 aliphatic heterocycles. The van der Waals surface area contributed by atoms with E-state index in [4.69, 9.17) is 47.4 Å². The first kappa shape index (κ1) is 47.2. The van der Waals surface area contributed by atoms with Crippen LogP contribution in [-0.4, -0.2) is 126 Å². The van der Waals surface area contributed by atoms with Crippen LogP contribution >= 0.6 is 23.2 Å². The van der Waals surface area contributed by atoms with E-state index in [0.717, 1.165) is 11.3 Å². The van der Waals surface area contributed by atoms with Gasteiger partial charge in [-0.15, -0.1) is 0 Å². The van der Waals surface area contributed by atoms with E-state index < -0.39 is 5.54 Å². The summed E-state index contributed by atoms with van der Waals surface area (Å²) in [5.74, 6) is 1.11. The Balaban J connectivity index is 1.68. The number of pyridine rings is 1. The second kappa shape index (κ2) is 21.7. The molecular weight excluding hydrogens is 775 g/mol. The molecule has 0 radical (unpaired) electrons. The minimum absolute atomic E-state index is 0.0167. The van der Waals surface area contributed by atoms with Gasteiger partial charge in [-0.1, -0.05) is 68.3 Å². The van der Waals surface area contributed by atoms with Gasteiger partial charge in [0.25, 0.3) is 0 Å². The number of carbonyl (C=O) groups is 2. The highest BCUT2D eigenvalue weighted by molar-refractivity contribution is 6.31.